The molecule has 0 heterocycles. The molecule has 0 saturated heterocycles. The van der Waals surface area contributed by atoms with Crippen LogP contribution in [-0.4, -0.2) is 19.6 Å². The van der Waals surface area contributed by atoms with Crippen LogP contribution in [0.5, 0.6) is 0 Å². The van der Waals surface area contributed by atoms with E-state index in [0.29, 0.717) is 11.3 Å². The second-order valence-corrected chi connectivity index (χ2v) is 4.97. The monoisotopic (exact) mass is 184 g/mol. The third-order valence-corrected chi connectivity index (χ3v) is 3.33. The topological polar surface area (TPSA) is 38.0 Å². The zero-order valence-electron chi connectivity index (χ0n) is 9.10. The Kier molecular flexibility index (Phi) is 4.20. The summed E-state index contributed by atoms with van der Waals surface area (Å²) in [5.41, 5.74) is 6.17. The molecule has 0 spiro atoms. The maximum Gasteiger partial charge on any atom is 0.000516 e. The predicted molar refractivity (Wildman–Crippen MR) is 57.7 cm³/mol. The van der Waals surface area contributed by atoms with Crippen molar-refractivity contribution in [3.05, 3.63) is 0 Å². The molecule has 3 N–H and O–H groups in total. The first-order valence-electron chi connectivity index (χ1n) is 5.57. The first-order chi connectivity index (χ1) is 6.16. The van der Waals surface area contributed by atoms with Crippen molar-refractivity contribution >= 4 is 0 Å². The van der Waals surface area contributed by atoms with Gasteiger partial charge in [0.25, 0.3) is 0 Å². The number of nitrogens with one attached hydrogen (secondary N) is 1. The Morgan fingerprint density at radius 1 is 1.46 bits per heavy atom. The molecule has 0 aromatic heterocycles. The van der Waals surface area contributed by atoms with E-state index < -0.39 is 0 Å². The average Bonchev–Trinajstić information content (AvgIpc) is 2.09. The molecule has 1 atom stereocenters. The minimum Gasteiger partial charge on any atom is -0.330 e. The number of hydrogen-bond acceptors (Lipinski definition) is 2. The van der Waals surface area contributed by atoms with Crippen molar-refractivity contribution in [2.75, 3.05) is 19.6 Å². The fourth-order valence-electron chi connectivity index (χ4n) is 1.81. The first-order valence-corrected chi connectivity index (χ1v) is 5.57. The van der Waals surface area contributed by atoms with E-state index in [1.165, 1.54) is 32.2 Å². The molecule has 1 fully saturated rings. The summed E-state index contributed by atoms with van der Waals surface area (Å²) in [6.07, 6.45) is 5.46. The quantitative estimate of drug-likeness (QED) is 0.617. The highest BCUT2D eigenvalue weighted by Crippen LogP contribution is 2.39. The summed E-state index contributed by atoms with van der Waals surface area (Å²) >= 11 is 0. The van der Waals surface area contributed by atoms with E-state index in [1.807, 2.05) is 0 Å². The van der Waals surface area contributed by atoms with Crippen molar-refractivity contribution in [1.29, 1.82) is 0 Å². The summed E-state index contributed by atoms with van der Waals surface area (Å²) in [4.78, 5) is 0. The van der Waals surface area contributed by atoms with E-state index in [9.17, 15) is 0 Å². The van der Waals surface area contributed by atoms with E-state index in [1.54, 1.807) is 0 Å². The van der Waals surface area contributed by atoms with Crippen molar-refractivity contribution < 1.29 is 0 Å². The van der Waals surface area contributed by atoms with Gasteiger partial charge in [-0.15, -0.1) is 0 Å². The second-order valence-electron chi connectivity index (χ2n) is 4.97. The van der Waals surface area contributed by atoms with Gasteiger partial charge in [-0.2, -0.15) is 0 Å². The smallest absolute Gasteiger partial charge is 0.000516 e. The summed E-state index contributed by atoms with van der Waals surface area (Å²) < 4.78 is 0. The largest absolute Gasteiger partial charge is 0.330 e. The predicted octanol–water partition coefficient (Wildman–Crippen LogP) is 1.75. The Balaban J connectivity index is 1.94. The van der Waals surface area contributed by atoms with Crippen molar-refractivity contribution in [2.45, 2.75) is 39.5 Å². The van der Waals surface area contributed by atoms with Gasteiger partial charge >= 0.3 is 0 Å². The highest BCUT2D eigenvalue weighted by atomic mass is 14.9. The van der Waals surface area contributed by atoms with Crippen LogP contribution < -0.4 is 11.1 Å². The minimum absolute atomic E-state index is 0.617. The molecule has 0 amide bonds. The molecule has 1 unspecified atom stereocenters. The Morgan fingerprint density at radius 2 is 2.15 bits per heavy atom. The highest BCUT2D eigenvalue weighted by molar-refractivity contribution is 4.85. The van der Waals surface area contributed by atoms with Crippen molar-refractivity contribution in [3.63, 3.8) is 0 Å². The number of hydrogen-bond donors (Lipinski definition) is 2. The summed E-state index contributed by atoms with van der Waals surface area (Å²) in [7, 11) is 0. The van der Waals surface area contributed by atoms with Gasteiger partial charge in [0.2, 0.25) is 0 Å². The fraction of sp³-hybridized carbons (Fsp3) is 1.00. The standard InChI is InChI=1S/C11H24N2/c1-10(8-12)4-7-13-9-11(2)5-3-6-11/h10,13H,3-9,12H2,1-2H3. The third kappa shape index (κ3) is 3.65. The van der Waals surface area contributed by atoms with Gasteiger partial charge in [-0.1, -0.05) is 20.3 Å². The van der Waals surface area contributed by atoms with Crippen LogP contribution in [0, 0.1) is 11.3 Å². The molecular weight excluding hydrogens is 160 g/mol. The van der Waals surface area contributed by atoms with Gasteiger partial charge < -0.3 is 11.1 Å². The molecule has 78 valence electrons. The maximum atomic E-state index is 5.55. The van der Waals surface area contributed by atoms with E-state index in [2.05, 4.69) is 19.2 Å². The Hall–Kier alpha value is -0.0800. The Labute approximate surface area is 82.3 Å². The van der Waals surface area contributed by atoms with E-state index >= 15 is 0 Å². The van der Waals surface area contributed by atoms with Crippen molar-refractivity contribution in [1.82, 2.24) is 5.32 Å². The summed E-state index contributed by atoms with van der Waals surface area (Å²) in [6.45, 7) is 7.75. The third-order valence-electron chi connectivity index (χ3n) is 3.33. The van der Waals surface area contributed by atoms with E-state index in [4.69, 9.17) is 5.73 Å². The molecule has 0 aromatic carbocycles. The molecule has 1 aliphatic rings. The molecule has 1 saturated carbocycles. The lowest BCUT2D eigenvalue weighted by molar-refractivity contribution is 0.156. The fourth-order valence-corrected chi connectivity index (χ4v) is 1.81. The molecule has 0 aromatic rings. The van der Waals surface area contributed by atoms with Gasteiger partial charge in [0.1, 0.15) is 0 Å². The van der Waals surface area contributed by atoms with Crippen LogP contribution in [0.25, 0.3) is 0 Å². The average molecular weight is 184 g/mol. The molecule has 13 heavy (non-hydrogen) atoms. The Morgan fingerprint density at radius 3 is 2.62 bits per heavy atom. The van der Waals surface area contributed by atoms with Gasteiger partial charge in [-0.25, -0.2) is 0 Å². The SMILES string of the molecule is CC(CN)CCNCC1(C)CCC1. The van der Waals surface area contributed by atoms with Gasteiger partial charge in [0.15, 0.2) is 0 Å². The molecule has 0 bridgehead atoms. The lowest BCUT2D eigenvalue weighted by atomic mass is 9.70. The summed E-state index contributed by atoms with van der Waals surface area (Å²) in [6, 6.07) is 0. The van der Waals surface area contributed by atoms with Crippen LogP contribution in [0.4, 0.5) is 0 Å². The molecule has 0 radical (unpaired) electrons. The van der Waals surface area contributed by atoms with Gasteiger partial charge in [-0.3, -0.25) is 0 Å². The molecule has 0 aliphatic heterocycles. The molecule has 2 nitrogen and oxygen atoms in total. The van der Waals surface area contributed by atoms with Crippen LogP contribution in [0.15, 0.2) is 0 Å². The second kappa shape index (κ2) is 4.97. The van der Waals surface area contributed by atoms with Gasteiger partial charge in [-0.05, 0) is 43.7 Å². The van der Waals surface area contributed by atoms with Gasteiger partial charge in [0, 0.05) is 6.54 Å². The maximum absolute atomic E-state index is 5.55. The lowest BCUT2D eigenvalue weighted by Gasteiger charge is -2.38. The summed E-state index contributed by atoms with van der Waals surface area (Å²) in [5.74, 6) is 0.668. The summed E-state index contributed by atoms with van der Waals surface area (Å²) in [5, 5.41) is 3.54. The van der Waals surface area contributed by atoms with Gasteiger partial charge in [0.05, 0.1) is 0 Å². The molecule has 1 rings (SSSR count). The molecule has 2 heteroatoms. The van der Waals surface area contributed by atoms with Crippen molar-refractivity contribution in [3.8, 4) is 0 Å². The van der Waals surface area contributed by atoms with Crippen molar-refractivity contribution in [2.24, 2.45) is 17.1 Å². The number of nitrogens with two attached hydrogens (primary N) is 1. The van der Waals surface area contributed by atoms with E-state index in [-0.39, 0.29) is 0 Å². The van der Waals surface area contributed by atoms with Crippen LogP contribution >= 0.6 is 0 Å². The lowest BCUT2D eigenvalue weighted by Crippen LogP contribution is -2.38. The minimum atomic E-state index is 0.617. The normalized spacial score (nSPS) is 22.4. The zero-order valence-corrected chi connectivity index (χ0v) is 9.10. The van der Waals surface area contributed by atoms with Crippen LogP contribution in [0.2, 0.25) is 0 Å². The molecule has 1 aliphatic carbocycles. The van der Waals surface area contributed by atoms with Crippen LogP contribution in [0.3, 0.4) is 0 Å². The number of rotatable bonds is 6. The zero-order chi connectivity index (χ0) is 9.73. The molecular formula is C11H24N2. The Bertz CT molecular complexity index is 141. The highest BCUT2D eigenvalue weighted by Gasteiger charge is 2.30. The van der Waals surface area contributed by atoms with Crippen LogP contribution in [-0.2, 0) is 0 Å². The van der Waals surface area contributed by atoms with E-state index in [0.717, 1.165) is 13.1 Å². The first kappa shape index (κ1) is 11.0. The van der Waals surface area contributed by atoms with Crippen LogP contribution in [0.1, 0.15) is 39.5 Å².